The molecule has 5 rings (SSSR count). The van der Waals surface area contributed by atoms with Crippen molar-refractivity contribution >= 4 is 35.1 Å². The Morgan fingerprint density at radius 1 is 1.22 bits per heavy atom. The number of alkyl halides is 1. The molecule has 0 spiro atoms. The van der Waals surface area contributed by atoms with Crippen LogP contribution < -0.4 is 16.0 Å². The summed E-state index contributed by atoms with van der Waals surface area (Å²) in [6.07, 6.45) is -1.95. The number of hydrogen-bond acceptors (Lipinski definition) is 8. The fraction of sp³-hybridized carbons (Fsp3) is 0.577. The SMILES string of the molecule is CC(C)C[C@H](NC(=O)c1ccc(C2=CSC(N3CCNCC3)N2)cc1)C(=O)N1C[C@H](F)[C@H]2OCC(=O)C21. The molecule has 1 aromatic rings. The molecule has 0 aromatic heterocycles. The molecular weight excluding hydrogens is 497 g/mol. The predicted octanol–water partition coefficient (Wildman–Crippen LogP) is 1.17. The zero-order chi connectivity index (χ0) is 26.1. The van der Waals surface area contributed by atoms with E-state index in [0.717, 1.165) is 37.4 Å². The second kappa shape index (κ2) is 11.1. The van der Waals surface area contributed by atoms with Gasteiger partial charge in [-0.05, 0) is 35.4 Å². The van der Waals surface area contributed by atoms with Crippen LogP contribution in [0, 0.1) is 5.92 Å². The number of ketones is 1. The van der Waals surface area contributed by atoms with E-state index in [2.05, 4.69) is 26.3 Å². The number of halogens is 1. The van der Waals surface area contributed by atoms with Gasteiger partial charge in [0.05, 0.1) is 6.54 Å². The number of benzene rings is 1. The van der Waals surface area contributed by atoms with E-state index >= 15 is 0 Å². The third-order valence-corrected chi connectivity index (χ3v) is 8.30. The first-order valence-electron chi connectivity index (χ1n) is 12.9. The third-order valence-electron chi connectivity index (χ3n) is 7.25. The number of thioether (sulfide) groups is 1. The standard InChI is InChI=1S/C26H34FN5O4S/c1-15(2)11-19(25(35)32-12-18(27)23-22(32)21(33)13-36-23)29-24(34)17-5-3-16(4-6-17)20-14-37-26(30-20)31-9-7-28-8-10-31/h3-6,14-15,18-19,22-23,26,28,30H,7-13H2,1-2H3,(H,29,34)/t18-,19-,22?,23+,26?/m0/s1. The average Bonchev–Trinajstić information content (AvgIpc) is 3.62. The van der Waals surface area contributed by atoms with Gasteiger partial charge < -0.3 is 25.6 Å². The van der Waals surface area contributed by atoms with E-state index in [0.29, 0.717) is 12.0 Å². The highest BCUT2D eigenvalue weighted by Crippen LogP contribution is 2.31. The van der Waals surface area contributed by atoms with Gasteiger partial charge in [0.15, 0.2) is 5.78 Å². The highest BCUT2D eigenvalue weighted by atomic mass is 32.2. The quantitative estimate of drug-likeness (QED) is 0.482. The zero-order valence-corrected chi connectivity index (χ0v) is 21.9. The van der Waals surface area contributed by atoms with E-state index < -0.39 is 30.3 Å². The van der Waals surface area contributed by atoms with Crippen molar-refractivity contribution in [3.05, 3.63) is 40.8 Å². The monoisotopic (exact) mass is 531 g/mol. The van der Waals surface area contributed by atoms with Crippen LogP contribution in [0.1, 0.15) is 36.2 Å². The number of carbonyl (C=O) groups excluding carboxylic acids is 3. The lowest BCUT2D eigenvalue weighted by atomic mass is 10.0. The number of likely N-dealkylation sites (tertiary alicyclic amines) is 1. The van der Waals surface area contributed by atoms with Crippen molar-refractivity contribution in [3.8, 4) is 0 Å². The van der Waals surface area contributed by atoms with Crippen LogP contribution in [0.3, 0.4) is 0 Å². The van der Waals surface area contributed by atoms with Gasteiger partial charge in [-0.25, -0.2) is 4.39 Å². The Kier molecular flexibility index (Phi) is 7.85. The van der Waals surface area contributed by atoms with Crippen LogP contribution in [0.15, 0.2) is 29.7 Å². The minimum atomic E-state index is -1.41. The van der Waals surface area contributed by atoms with Gasteiger partial charge in [0.2, 0.25) is 5.91 Å². The largest absolute Gasteiger partial charge is 0.365 e. The Morgan fingerprint density at radius 2 is 1.95 bits per heavy atom. The van der Waals surface area contributed by atoms with Gasteiger partial charge in [0.25, 0.3) is 5.91 Å². The van der Waals surface area contributed by atoms with Crippen LogP contribution in [0.5, 0.6) is 0 Å². The first kappa shape index (κ1) is 26.1. The Morgan fingerprint density at radius 3 is 2.65 bits per heavy atom. The lowest BCUT2D eigenvalue weighted by Gasteiger charge is -2.32. The van der Waals surface area contributed by atoms with Crippen LogP contribution in [-0.4, -0.2) is 96.6 Å². The summed E-state index contributed by atoms with van der Waals surface area (Å²) in [5.41, 5.74) is 2.63. The van der Waals surface area contributed by atoms with Crippen molar-refractivity contribution in [2.75, 3.05) is 39.3 Å². The predicted molar refractivity (Wildman–Crippen MR) is 139 cm³/mol. The van der Waals surface area contributed by atoms with Crippen LogP contribution in [0.25, 0.3) is 5.70 Å². The zero-order valence-electron chi connectivity index (χ0n) is 21.1. The van der Waals surface area contributed by atoms with Gasteiger partial charge in [0, 0.05) is 37.4 Å². The topological polar surface area (TPSA) is 103 Å². The number of nitrogens with zero attached hydrogens (tertiary/aromatic N) is 2. The molecule has 11 heteroatoms. The maximum atomic E-state index is 14.4. The maximum Gasteiger partial charge on any atom is 0.251 e. The average molecular weight is 532 g/mol. The molecule has 3 fully saturated rings. The van der Waals surface area contributed by atoms with Crippen molar-refractivity contribution < 1.29 is 23.5 Å². The first-order valence-corrected chi connectivity index (χ1v) is 13.8. The Hall–Kier alpha value is -2.47. The van der Waals surface area contributed by atoms with Crippen LogP contribution in [0.4, 0.5) is 4.39 Å². The van der Waals surface area contributed by atoms with E-state index in [1.807, 2.05) is 26.0 Å². The minimum absolute atomic E-state index is 0.105. The van der Waals surface area contributed by atoms with Crippen molar-refractivity contribution in [1.29, 1.82) is 0 Å². The molecule has 0 radical (unpaired) electrons. The fourth-order valence-electron chi connectivity index (χ4n) is 5.34. The summed E-state index contributed by atoms with van der Waals surface area (Å²) in [4.78, 5) is 42.4. The second-order valence-corrected chi connectivity index (χ2v) is 11.3. The van der Waals surface area contributed by atoms with E-state index in [-0.39, 0.29) is 36.3 Å². The molecule has 9 nitrogen and oxygen atoms in total. The number of amides is 2. The summed E-state index contributed by atoms with van der Waals surface area (Å²) >= 11 is 1.74. The molecule has 4 aliphatic heterocycles. The van der Waals surface area contributed by atoms with Gasteiger partial charge in [-0.15, -0.1) is 0 Å². The van der Waals surface area contributed by atoms with Crippen LogP contribution in [0.2, 0.25) is 0 Å². The van der Waals surface area contributed by atoms with Crippen molar-refractivity contribution in [2.24, 2.45) is 5.92 Å². The van der Waals surface area contributed by atoms with E-state index in [1.165, 1.54) is 4.90 Å². The Bertz CT molecular complexity index is 1060. The van der Waals surface area contributed by atoms with E-state index in [1.54, 1.807) is 23.9 Å². The summed E-state index contributed by atoms with van der Waals surface area (Å²) in [6.45, 7) is 7.46. The molecule has 2 amide bonds. The number of hydrogen-bond donors (Lipinski definition) is 3. The van der Waals surface area contributed by atoms with Gasteiger partial charge in [-0.1, -0.05) is 37.7 Å². The summed E-state index contributed by atoms with van der Waals surface area (Å²) in [7, 11) is 0. The van der Waals surface area contributed by atoms with Crippen molar-refractivity contribution in [1.82, 2.24) is 25.8 Å². The summed E-state index contributed by atoms with van der Waals surface area (Å²) in [5, 5.41) is 11.9. The number of Topliss-reactive ketones (excluding diaryl/α,β-unsaturated/α-hetero) is 1. The van der Waals surface area contributed by atoms with Gasteiger partial charge >= 0.3 is 0 Å². The lowest BCUT2D eigenvalue weighted by molar-refractivity contribution is -0.138. The highest BCUT2D eigenvalue weighted by molar-refractivity contribution is 8.03. The molecule has 0 bridgehead atoms. The number of piperazine rings is 1. The van der Waals surface area contributed by atoms with E-state index in [9.17, 15) is 18.8 Å². The molecule has 3 saturated heterocycles. The fourth-order valence-corrected chi connectivity index (χ4v) is 6.39. The Balaban J connectivity index is 1.23. The summed E-state index contributed by atoms with van der Waals surface area (Å²) < 4.78 is 19.7. The van der Waals surface area contributed by atoms with Gasteiger partial charge in [-0.2, -0.15) is 0 Å². The summed E-state index contributed by atoms with van der Waals surface area (Å²) in [5.74, 6) is -1.01. The third kappa shape index (κ3) is 5.55. The molecule has 1 aromatic carbocycles. The summed E-state index contributed by atoms with van der Waals surface area (Å²) in [6, 6.07) is 5.49. The molecular formula is C26H34FN5O4S. The van der Waals surface area contributed by atoms with Gasteiger partial charge in [0.1, 0.15) is 36.5 Å². The normalized spacial score (nSPS) is 28.7. The smallest absolute Gasteiger partial charge is 0.251 e. The molecule has 3 N–H and O–H groups in total. The van der Waals surface area contributed by atoms with Crippen LogP contribution in [-0.2, 0) is 14.3 Å². The lowest BCUT2D eigenvalue weighted by Crippen LogP contribution is -2.52. The molecule has 200 valence electrons. The number of carbonyl (C=O) groups is 3. The second-order valence-electron chi connectivity index (χ2n) is 10.4. The first-order chi connectivity index (χ1) is 17.8. The van der Waals surface area contributed by atoms with Crippen molar-refractivity contribution in [2.45, 2.75) is 50.1 Å². The van der Waals surface area contributed by atoms with Crippen LogP contribution >= 0.6 is 11.8 Å². The number of rotatable bonds is 7. The maximum absolute atomic E-state index is 14.4. The number of ether oxygens (including phenoxy) is 1. The van der Waals surface area contributed by atoms with E-state index in [4.69, 9.17) is 4.74 Å². The molecule has 4 heterocycles. The molecule has 4 aliphatic rings. The molecule has 37 heavy (non-hydrogen) atoms. The highest BCUT2D eigenvalue weighted by Gasteiger charge is 2.53. The minimum Gasteiger partial charge on any atom is -0.365 e. The number of fused-ring (bicyclic) bond motifs is 1. The Labute approximate surface area is 220 Å². The molecule has 0 saturated carbocycles. The van der Waals surface area contributed by atoms with Gasteiger partial charge in [-0.3, -0.25) is 19.3 Å². The molecule has 0 aliphatic carbocycles. The molecule has 2 unspecified atom stereocenters. The number of nitrogens with one attached hydrogen (secondary N) is 3. The van der Waals surface area contributed by atoms with Crippen molar-refractivity contribution in [3.63, 3.8) is 0 Å². The molecule has 5 atom stereocenters.